The van der Waals surface area contributed by atoms with Crippen LogP contribution in [-0.4, -0.2) is 10.9 Å². The highest BCUT2D eigenvalue weighted by Gasteiger charge is 2.08. The summed E-state index contributed by atoms with van der Waals surface area (Å²) < 4.78 is 5.68. The zero-order valence-corrected chi connectivity index (χ0v) is 16.3. The number of thiol groups is 1. The number of ether oxygens (including phenoxy) is 1. The minimum atomic E-state index is -0.168. The molecule has 2 aromatic carbocycles. The monoisotopic (exact) mass is 381 g/mol. The number of rotatable bonds is 5. The summed E-state index contributed by atoms with van der Waals surface area (Å²) in [5.41, 5.74) is 3.96. The van der Waals surface area contributed by atoms with Gasteiger partial charge < -0.3 is 16.2 Å². The lowest BCUT2D eigenvalue weighted by Crippen LogP contribution is -2.23. The van der Waals surface area contributed by atoms with Gasteiger partial charge in [0, 0.05) is 23.7 Å². The zero-order chi connectivity index (χ0) is 18.5. The van der Waals surface area contributed by atoms with Crippen LogP contribution in [0, 0.1) is 13.8 Å². The minimum Gasteiger partial charge on any atom is -0.438 e. The van der Waals surface area contributed by atoms with Gasteiger partial charge in [0.15, 0.2) is 0 Å². The van der Waals surface area contributed by atoms with Crippen LogP contribution in [0.4, 0.5) is 0 Å². The lowest BCUT2D eigenvalue weighted by atomic mass is 10.1. The van der Waals surface area contributed by atoms with Gasteiger partial charge >= 0.3 is 0 Å². The van der Waals surface area contributed by atoms with Crippen molar-refractivity contribution in [3.05, 3.63) is 83.0 Å². The SMILES string of the molecule is Cc1ccc(CNC(=O)c2ccc(Oc3ccccc3S)nc2)c(C)c1.N. The largest absolute Gasteiger partial charge is 0.438 e. The molecule has 5 nitrogen and oxygen atoms in total. The van der Waals surface area contributed by atoms with Gasteiger partial charge in [-0.3, -0.25) is 4.79 Å². The van der Waals surface area contributed by atoms with Crippen molar-refractivity contribution in [2.75, 3.05) is 0 Å². The highest BCUT2D eigenvalue weighted by molar-refractivity contribution is 7.80. The molecule has 1 amide bonds. The number of hydrogen-bond acceptors (Lipinski definition) is 5. The average Bonchev–Trinajstić information content (AvgIpc) is 2.63. The number of carbonyl (C=O) groups excluding carboxylic acids is 1. The second kappa shape index (κ2) is 9.21. The van der Waals surface area contributed by atoms with Crippen LogP contribution in [0.3, 0.4) is 0 Å². The van der Waals surface area contributed by atoms with Crippen molar-refractivity contribution >= 4 is 18.5 Å². The Morgan fingerprint density at radius 2 is 1.89 bits per heavy atom. The van der Waals surface area contributed by atoms with E-state index in [1.54, 1.807) is 12.1 Å². The molecular weight excluding hydrogens is 358 g/mol. The zero-order valence-electron chi connectivity index (χ0n) is 15.4. The number of aromatic nitrogens is 1. The minimum absolute atomic E-state index is 0. The summed E-state index contributed by atoms with van der Waals surface area (Å²) >= 11 is 4.34. The fraction of sp³-hybridized carbons (Fsp3) is 0.143. The third kappa shape index (κ3) is 5.32. The van der Waals surface area contributed by atoms with E-state index in [1.807, 2.05) is 43.3 Å². The molecule has 0 bridgehead atoms. The van der Waals surface area contributed by atoms with Crippen molar-refractivity contribution in [3.8, 4) is 11.6 Å². The smallest absolute Gasteiger partial charge is 0.253 e. The summed E-state index contributed by atoms with van der Waals surface area (Å²) in [6, 6.07) is 17.0. The van der Waals surface area contributed by atoms with E-state index in [4.69, 9.17) is 4.74 Å². The van der Waals surface area contributed by atoms with Crippen LogP contribution in [0.2, 0.25) is 0 Å². The Balaban J connectivity index is 0.00000261. The summed E-state index contributed by atoms with van der Waals surface area (Å²) in [4.78, 5) is 17.2. The molecule has 0 atom stereocenters. The third-order valence-corrected chi connectivity index (χ3v) is 4.39. The molecule has 3 rings (SSSR count). The molecule has 3 aromatic rings. The quantitative estimate of drug-likeness (QED) is 0.550. The van der Waals surface area contributed by atoms with Crippen molar-refractivity contribution in [2.24, 2.45) is 0 Å². The first-order valence-corrected chi connectivity index (χ1v) is 8.74. The Labute approximate surface area is 164 Å². The van der Waals surface area contributed by atoms with Crippen LogP contribution in [0.5, 0.6) is 11.6 Å². The summed E-state index contributed by atoms with van der Waals surface area (Å²) in [5.74, 6) is 0.867. The molecule has 0 saturated carbocycles. The number of nitrogens with zero attached hydrogens (tertiary/aromatic N) is 1. The van der Waals surface area contributed by atoms with E-state index >= 15 is 0 Å². The van der Waals surface area contributed by atoms with Crippen LogP contribution >= 0.6 is 12.6 Å². The number of hydrogen-bond donors (Lipinski definition) is 3. The first-order valence-electron chi connectivity index (χ1n) is 8.29. The Hall–Kier alpha value is -2.83. The molecule has 0 aliphatic rings. The lowest BCUT2D eigenvalue weighted by Gasteiger charge is -2.10. The molecule has 4 N–H and O–H groups in total. The molecule has 140 valence electrons. The molecule has 27 heavy (non-hydrogen) atoms. The predicted molar refractivity (Wildman–Crippen MR) is 110 cm³/mol. The first-order chi connectivity index (χ1) is 12.5. The number of pyridine rings is 1. The molecule has 0 spiro atoms. The molecule has 1 heterocycles. The van der Waals surface area contributed by atoms with Gasteiger partial charge in [0.05, 0.1) is 5.56 Å². The van der Waals surface area contributed by atoms with Gasteiger partial charge in [-0.2, -0.15) is 0 Å². The molecule has 0 unspecified atom stereocenters. The molecule has 0 aliphatic heterocycles. The van der Waals surface area contributed by atoms with E-state index in [0.717, 1.165) is 16.0 Å². The summed E-state index contributed by atoms with van der Waals surface area (Å²) in [5, 5.41) is 2.92. The van der Waals surface area contributed by atoms with Gasteiger partial charge in [0.2, 0.25) is 5.88 Å². The van der Waals surface area contributed by atoms with Crippen molar-refractivity contribution in [3.63, 3.8) is 0 Å². The standard InChI is InChI=1S/C21H20N2O2S.H3N/c1-14-7-8-16(15(2)11-14)12-23-21(24)17-9-10-20(22-13-17)25-18-5-3-4-6-19(18)26;/h3-11,13,26H,12H2,1-2H3,(H,23,24);1H3. The fourth-order valence-corrected chi connectivity index (χ4v) is 2.76. The number of benzene rings is 2. The summed E-state index contributed by atoms with van der Waals surface area (Å²) in [7, 11) is 0. The first kappa shape index (κ1) is 20.5. The molecule has 1 aromatic heterocycles. The normalized spacial score (nSPS) is 10.0. The molecule has 0 radical (unpaired) electrons. The summed E-state index contributed by atoms with van der Waals surface area (Å²) in [6.07, 6.45) is 1.51. The molecule has 0 fully saturated rings. The van der Waals surface area contributed by atoms with Crippen LogP contribution in [0.1, 0.15) is 27.0 Å². The number of para-hydroxylation sites is 1. The van der Waals surface area contributed by atoms with Crippen LogP contribution in [0.15, 0.2) is 65.7 Å². The van der Waals surface area contributed by atoms with Crippen molar-refractivity contribution < 1.29 is 9.53 Å². The van der Waals surface area contributed by atoms with Gasteiger partial charge in [0.1, 0.15) is 5.75 Å². The second-order valence-corrected chi connectivity index (χ2v) is 6.55. The van der Waals surface area contributed by atoms with E-state index in [1.165, 1.54) is 11.8 Å². The fourth-order valence-electron chi connectivity index (χ4n) is 2.55. The number of nitrogens with one attached hydrogen (secondary N) is 1. The Kier molecular flexibility index (Phi) is 6.98. The Morgan fingerprint density at radius 3 is 2.56 bits per heavy atom. The van der Waals surface area contributed by atoms with E-state index in [9.17, 15) is 4.79 Å². The number of aryl methyl sites for hydroxylation is 2. The highest BCUT2D eigenvalue weighted by atomic mass is 32.1. The maximum Gasteiger partial charge on any atom is 0.253 e. The van der Waals surface area contributed by atoms with Crippen LogP contribution in [-0.2, 0) is 6.54 Å². The van der Waals surface area contributed by atoms with Gasteiger partial charge in [-0.15, -0.1) is 12.6 Å². The molecular formula is C21H23N3O2S. The van der Waals surface area contributed by atoms with E-state index < -0.39 is 0 Å². The summed E-state index contributed by atoms with van der Waals surface area (Å²) in [6.45, 7) is 4.58. The van der Waals surface area contributed by atoms with Crippen LogP contribution in [0.25, 0.3) is 0 Å². The molecule has 0 saturated heterocycles. The average molecular weight is 382 g/mol. The number of amides is 1. The van der Waals surface area contributed by atoms with E-state index in [-0.39, 0.29) is 12.1 Å². The van der Waals surface area contributed by atoms with Gasteiger partial charge in [-0.05, 0) is 43.2 Å². The van der Waals surface area contributed by atoms with Crippen molar-refractivity contribution in [2.45, 2.75) is 25.3 Å². The van der Waals surface area contributed by atoms with Gasteiger partial charge in [-0.1, -0.05) is 35.9 Å². The van der Waals surface area contributed by atoms with Crippen molar-refractivity contribution in [1.82, 2.24) is 16.5 Å². The highest BCUT2D eigenvalue weighted by Crippen LogP contribution is 2.26. The van der Waals surface area contributed by atoms with Gasteiger partial charge in [-0.25, -0.2) is 4.98 Å². The topological polar surface area (TPSA) is 86.2 Å². The number of carbonyl (C=O) groups is 1. The lowest BCUT2D eigenvalue weighted by molar-refractivity contribution is 0.0950. The maximum absolute atomic E-state index is 12.3. The predicted octanol–water partition coefficient (Wildman–Crippen LogP) is 4.87. The van der Waals surface area contributed by atoms with Gasteiger partial charge in [0.25, 0.3) is 5.91 Å². The van der Waals surface area contributed by atoms with E-state index in [0.29, 0.717) is 23.7 Å². The van der Waals surface area contributed by atoms with Crippen molar-refractivity contribution in [1.29, 1.82) is 0 Å². The second-order valence-electron chi connectivity index (χ2n) is 6.07. The van der Waals surface area contributed by atoms with Crippen LogP contribution < -0.4 is 16.2 Å². The molecule has 0 aliphatic carbocycles. The Morgan fingerprint density at radius 1 is 1.11 bits per heavy atom. The third-order valence-electron chi connectivity index (χ3n) is 4.02. The molecule has 6 heteroatoms. The van der Waals surface area contributed by atoms with E-state index in [2.05, 4.69) is 35.9 Å². The maximum atomic E-state index is 12.3. The Bertz CT molecular complexity index is 927.